The highest BCUT2D eigenvalue weighted by molar-refractivity contribution is 8.64. The van der Waals surface area contributed by atoms with Gasteiger partial charge in [-0.1, -0.05) is 121 Å². The number of hydrogen-bond donors (Lipinski definition) is 3. The Bertz CT molecular complexity index is 2800. The van der Waals surface area contributed by atoms with Gasteiger partial charge in [0, 0.05) is 88.3 Å². The van der Waals surface area contributed by atoms with Gasteiger partial charge in [0.15, 0.2) is 0 Å². The standard InChI is InChI=1S/C22H19NO3S.C22H18O3S.CH4.ClH.H3NO.S6/c1-22(2,3)13-7-9-14(10-8-13)27-18-12-11-17-19-15(18)5-4-6-16(19)20(24)23(26)21(17)25;1-22(2,3)13-7-9-14(10-8-13)26-18-12-11-17-19-15(18)5-4-6-16(19)20(23)25-21(17)24;;;1-2;1-3-5-6-4-2/h4-12,26H,1-3H3;4-12H,1-3H3;1H4;1H;2H,1H2;. The Morgan fingerprint density at radius 3 is 1.29 bits per heavy atom. The van der Waals surface area contributed by atoms with E-state index in [1.165, 1.54) is 46.6 Å². The number of nitrogens with two attached hydrogens (primary N) is 1. The Hall–Kier alpha value is -3.69. The molecular formula is C45H45ClN2O7S8. The molecule has 0 fully saturated rings. The minimum absolute atomic E-state index is 0. The summed E-state index contributed by atoms with van der Waals surface area (Å²) in [6.45, 7) is 13.1. The van der Waals surface area contributed by atoms with Gasteiger partial charge in [0.05, 0.1) is 22.3 Å². The lowest BCUT2D eigenvalue weighted by atomic mass is 9.87. The van der Waals surface area contributed by atoms with Crippen LogP contribution in [0.1, 0.15) is 102 Å². The smallest absolute Gasteiger partial charge is 0.346 e. The van der Waals surface area contributed by atoms with Crippen molar-refractivity contribution < 1.29 is 34.3 Å². The van der Waals surface area contributed by atoms with Crippen molar-refractivity contribution in [2.24, 2.45) is 5.90 Å². The largest absolute Gasteiger partial charge is 0.386 e. The Balaban J connectivity index is 0.000000280. The van der Waals surface area contributed by atoms with Crippen LogP contribution in [0.5, 0.6) is 0 Å². The Kier molecular flexibility index (Phi) is 20.0. The summed E-state index contributed by atoms with van der Waals surface area (Å²) in [5, 5.41) is 19.5. The highest BCUT2D eigenvalue weighted by atomic mass is 35.5. The van der Waals surface area contributed by atoms with Crippen molar-refractivity contribution in [3.63, 3.8) is 0 Å². The van der Waals surface area contributed by atoms with Crippen LogP contribution in [0.2, 0.25) is 0 Å². The van der Waals surface area contributed by atoms with E-state index in [1.54, 1.807) is 53.9 Å². The quantitative estimate of drug-likeness (QED) is 0.0508. The predicted molar refractivity (Wildman–Crippen MR) is 273 cm³/mol. The molecule has 8 rings (SSSR count). The third-order valence-corrected chi connectivity index (χ3v) is 18.3. The molecule has 2 heterocycles. The molecule has 0 aliphatic carbocycles. The first kappa shape index (κ1) is 53.6. The molecule has 0 aromatic heterocycles. The normalized spacial score (nSPS) is 12.4. The topological polar surface area (TPSA) is 147 Å². The maximum atomic E-state index is 12.3. The molecule has 4 N–H and O–H groups in total. The number of rotatable bonds is 4. The summed E-state index contributed by atoms with van der Waals surface area (Å²) >= 11 is 12.3. The van der Waals surface area contributed by atoms with E-state index < -0.39 is 23.8 Å². The number of carbonyl (C=O) groups is 4. The number of cyclic esters (lactones) is 2. The van der Waals surface area contributed by atoms with Crippen LogP contribution in [-0.4, -0.2) is 39.2 Å². The number of benzene rings is 6. The van der Waals surface area contributed by atoms with Gasteiger partial charge in [-0.3, -0.25) is 14.8 Å². The molecule has 18 heteroatoms. The van der Waals surface area contributed by atoms with Gasteiger partial charge in [0.1, 0.15) is 0 Å². The number of amides is 2. The van der Waals surface area contributed by atoms with Crippen LogP contribution in [0.4, 0.5) is 0 Å². The zero-order valence-electron chi connectivity index (χ0n) is 34.0. The van der Waals surface area contributed by atoms with Crippen molar-refractivity contribution in [2.75, 3.05) is 0 Å². The van der Waals surface area contributed by atoms with Gasteiger partial charge in [-0.15, -0.1) is 17.5 Å². The first-order valence-electron chi connectivity index (χ1n) is 18.2. The Labute approximate surface area is 403 Å². The fourth-order valence-electron chi connectivity index (χ4n) is 6.47. The second-order valence-corrected chi connectivity index (χ2v) is 24.6. The zero-order valence-corrected chi connectivity index (χ0v) is 41.4. The van der Waals surface area contributed by atoms with Gasteiger partial charge < -0.3 is 9.94 Å². The fraction of sp³-hybridized carbons (Fsp3) is 0.200. The molecule has 2 aliphatic rings. The van der Waals surface area contributed by atoms with Gasteiger partial charge >= 0.3 is 11.9 Å². The number of hydrogen-bond acceptors (Lipinski definition) is 12. The summed E-state index contributed by atoms with van der Waals surface area (Å²) in [6.07, 6.45) is 0. The SMILES string of the molecule is C.CC(C)(C)c1ccc(Sc2ccc3c4c(cccc24)C(=O)N(O)C3=O)cc1.CC(C)(C)c1ccc(Sc2ccc3c4c(cccc24)C(=O)OC3=O)cc1.Cl.NO.S=S=S=S=S=S. The number of imide groups is 1. The van der Waals surface area contributed by atoms with Gasteiger partial charge in [0.2, 0.25) is 0 Å². The van der Waals surface area contributed by atoms with Crippen LogP contribution in [0.25, 0.3) is 21.5 Å². The molecule has 0 saturated carbocycles. The van der Waals surface area contributed by atoms with Crippen LogP contribution >= 0.6 is 35.9 Å². The average Bonchev–Trinajstić information content (AvgIpc) is 3.25. The molecule has 0 unspecified atom stereocenters. The maximum absolute atomic E-state index is 12.3. The molecule has 0 saturated heterocycles. The van der Waals surface area contributed by atoms with Crippen LogP contribution in [-0.2, 0) is 73.5 Å². The van der Waals surface area contributed by atoms with Crippen LogP contribution < -0.4 is 5.90 Å². The summed E-state index contributed by atoms with van der Waals surface area (Å²) in [5.74, 6) is 0.971. The predicted octanol–water partition coefficient (Wildman–Crippen LogP) is 11.3. The van der Waals surface area contributed by atoms with Gasteiger partial charge in [-0.05, 0) is 93.4 Å². The maximum Gasteiger partial charge on any atom is 0.346 e. The summed E-state index contributed by atoms with van der Waals surface area (Å²) < 4.78 is 4.82. The minimum atomic E-state index is -0.685. The summed E-state index contributed by atoms with van der Waals surface area (Å²) in [7, 11) is 5.63. The number of ether oxygens (including phenoxy) is 1. The molecular weight excluding hydrogens is 972 g/mol. The Morgan fingerprint density at radius 1 is 0.540 bits per heavy atom. The summed E-state index contributed by atoms with van der Waals surface area (Å²) in [4.78, 5) is 52.8. The first-order valence-corrected chi connectivity index (χ1v) is 26.5. The van der Waals surface area contributed by atoms with E-state index in [9.17, 15) is 24.4 Å². The third-order valence-electron chi connectivity index (χ3n) is 9.45. The molecule has 0 atom stereocenters. The van der Waals surface area contributed by atoms with Gasteiger partial charge in [-0.2, -0.15) is 0 Å². The lowest BCUT2D eigenvalue weighted by Gasteiger charge is -2.22. The number of halogens is 1. The number of hydroxylamine groups is 2. The van der Waals surface area contributed by atoms with E-state index in [-0.39, 0.29) is 35.7 Å². The highest BCUT2D eigenvalue weighted by Crippen LogP contribution is 2.40. The second-order valence-electron chi connectivity index (χ2n) is 15.3. The first-order chi connectivity index (χ1) is 29.0. The second kappa shape index (κ2) is 23.5. The van der Waals surface area contributed by atoms with Crippen molar-refractivity contribution in [3.05, 3.63) is 143 Å². The molecule has 6 aromatic carbocycles. The molecule has 0 spiro atoms. The number of esters is 2. The van der Waals surface area contributed by atoms with Crippen LogP contribution in [0.3, 0.4) is 0 Å². The van der Waals surface area contributed by atoms with E-state index in [0.717, 1.165) is 30.4 Å². The van der Waals surface area contributed by atoms with E-state index >= 15 is 0 Å². The Morgan fingerprint density at radius 2 is 0.889 bits per heavy atom. The van der Waals surface area contributed by atoms with Crippen molar-refractivity contribution >= 4 is 139 Å². The molecule has 2 amide bonds. The number of nitrogens with zero attached hydrogens (tertiary/aromatic N) is 1. The molecule has 9 nitrogen and oxygen atoms in total. The van der Waals surface area contributed by atoms with E-state index in [1.807, 2.05) is 30.3 Å². The monoisotopic (exact) mass is 1020 g/mol. The zero-order chi connectivity index (χ0) is 44.6. The average molecular weight is 1020 g/mol. The van der Waals surface area contributed by atoms with Crippen molar-refractivity contribution in [1.82, 2.24) is 5.06 Å². The summed E-state index contributed by atoms with van der Waals surface area (Å²) in [5.41, 5.74) is 4.34. The molecule has 332 valence electrons. The van der Waals surface area contributed by atoms with Crippen molar-refractivity contribution in [3.8, 4) is 0 Å². The van der Waals surface area contributed by atoms with Crippen molar-refractivity contribution in [1.29, 1.82) is 0 Å². The minimum Gasteiger partial charge on any atom is -0.386 e. The highest BCUT2D eigenvalue weighted by Gasteiger charge is 2.33. The van der Waals surface area contributed by atoms with E-state index in [4.69, 9.17) is 9.94 Å². The molecule has 0 bridgehead atoms. The van der Waals surface area contributed by atoms with Crippen LogP contribution in [0, 0.1) is 0 Å². The fourth-order valence-corrected chi connectivity index (χ4v) is 13.8. The molecule has 63 heavy (non-hydrogen) atoms. The van der Waals surface area contributed by atoms with Gasteiger partial charge in [-0.25, -0.2) is 15.5 Å². The lowest BCUT2D eigenvalue weighted by molar-refractivity contribution is -0.0377. The van der Waals surface area contributed by atoms with Gasteiger partial charge in [0.25, 0.3) is 11.8 Å². The number of carbonyl (C=O) groups excluding carboxylic acids is 4. The molecule has 0 radical (unpaired) electrons. The summed E-state index contributed by atoms with van der Waals surface area (Å²) in [6, 6.07) is 34.9. The third kappa shape index (κ3) is 12.6. The molecule has 2 aliphatic heterocycles. The van der Waals surface area contributed by atoms with E-state index in [0.29, 0.717) is 33.0 Å². The molecule has 6 aromatic rings. The van der Waals surface area contributed by atoms with Crippen LogP contribution in [0.15, 0.2) is 129 Å². The lowest BCUT2D eigenvalue weighted by Crippen LogP contribution is -2.37. The van der Waals surface area contributed by atoms with E-state index in [2.05, 4.69) is 118 Å². The van der Waals surface area contributed by atoms with Crippen molar-refractivity contribution in [2.45, 2.75) is 79.4 Å².